The molecule has 3 rings (SSSR count). The van der Waals surface area contributed by atoms with Gasteiger partial charge in [0.1, 0.15) is 23.2 Å². The summed E-state index contributed by atoms with van der Waals surface area (Å²) in [5.41, 5.74) is 2.62. The molecule has 0 fully saturated rings. The summed E-state index contributed by atoms with van der Waals surface area (Å²) in [6, 6.07) is 0. The van der Waals surface area contributed by atoms with Gasteiger partial charge in [0.2, 0.25) is 11.5 Å². The molecular formula is C35H57O10P. The van der Waals surface area contributed by atoms with Crippen LogP contribution in [0.3, 0.4) is 0 Å². The summed E-state index contributed by atoms with van der Waals surface area (Å²) < 4.78 is 35.0. The van der Waals surface area contributed by atoms with Crippen molar-refractivity contribution in [2.45, 2.75) is 162 Å². The normalized spacial score (nSPS) is 21.4. The van der Waals surface area contributed by atoms with Gasteiger partial charge in [-0.05, 0) is 70.1 Å². The molecule has 0 saturated heterocycles. The van der Waals surface area contributed by atoms with Crippen molar-refractivity contribution in [1.82, 2.24) is 0 Å². The predicted octanol–water partition coefficient (Wildman–Crippen LogP) is 8.11. The third kappa shape index (κ3) is 10.4. The van der Waals surface area contributed by atoms with E-state index in [1.807, 2.05) is 6.92 Å². The minimum atomic E-state index is -4.97. The Morgan fingerprint density at radius 3 is 1.98 bits per heavy atom. The van der Waals surface area contributed by atoms with E-state index in [0.29, 0.717) is 17.5 Å². The average molecular weight is 669 g/mol. The molecule has 4 N–H and O–H groups in total. The number of carbonyl (C=O) groups excluding carboxylic acids is 1. The Morgan fingerprint density at radius 2 is 1.43 bits per heavy atom. The van der Waals surface area contributed by atoms with Gasteiger partial charge in [0.05, 0.1) is 6.61 Å². The maximum atomic E-state index is 13.1. The second-order valence-corrected chi connectivity index (χ2v) is 14.7. The zero-order valence-corrected chi connectivity index (χ0v) is 29.5. The number of benzene rings is 1. The van der Waals surface area contributed by atoms with Crippen molar-refractivity contribution in [2.75, 3.05) is 6.61 Å². The zero-order valence-electron chi connectivity index (χ0n) is 28.6. The fourth-order valence-corrected chi connectivity index (χ4v) is 7.43. The molecule has 11 heteroatoms. The van der Waals surface area contributed by atoms with Gasteiger partial charge in [-0.25, -0.2) is 9.36 Å². The second-order valence-electron chi connectivity index (χ2n) is 13.3. The third-order valence-electron chi connectivity index (χ3n) is 9.50. The summed E-state index contributed by atoms with van der Waals surface area (Å²) in [6.45, 7) is 9.01. The maximum Gasteiger partial charge on any atom is 0.584 e. The number of phosphoric acid groups is 1. The SMILES string of the molecule is CCCCCCCCCCCCCCCCC1(C)CCc2c(C)c(OP(=O)(O)OC3=C(O)C(=O)OC3C(O)CO)c(C)c(C)c2O1. The summed E-state index contributed by atoms with van der Waals surface area (Å²) in [6.07, 6.45) is 17.6. The lowest BCUT2D eigenvalue weighted by Crippen LogP contribution is -2.37. The van der Waals surface area contributed by atoms with Crippen LogP contribution in [0.5, 0.6) is 11.5 Å². The molecule has 0 saturated carbocycles. The highest BCUT2D eigenvalue weighted by atomic mass is 31.2. The highest BCUT2D eigenvalue weighted by molar-refractivity contribution is 7.48. The number of aliphatic hydroxyl groups excluding tert-OH is 3. The van der Waals surface area contributed by atoms with Crippen LogP contribution in [0, 0.1) is 20.8 Å². The number of carbonyl (C=O) groups is 1. The molecule has 4 atom stereocenters. The van der Waals surface area contributed by atoms with E-state index < -0.39 is 44.1 Å². The number of esters is 1. The molecule has 2 heterocycles. The zero-order chi connectivity index (χ0) is 33.9. The minimum Gasteiger partial charge on any atom is -0.499 e. The maximum absolute atomic E-state index is 13.1. The third-order valence-corrected chi connectivity index (χ3v) is 10.3. The van der Waals surface area contributed by atoms with Gasteiger partial charge in [-0.1, -0.05) is 90.4 Å². The van der Waals surface area contributed by atoms with E-state index in [1.165, 1.54) is 83.5 Å². The summed E-state index contributed by atoms with van der Waals surface area (Å²) in [5.74, 6) is -2.18. The number of rotatable bonds is 21. The van der Waals surface area contributed by atoms with E-state index in [-0.39, 0.29) is 11.4 Å². The smallest absolute Gasteiger partial charge is 0.499 e. The highest BCUT2D eigenvalue weighted by Crippen LogP contribution is 2.53. The van der Waals surface area contributed by atoms with Crippen molar-refractivity contribution in [1.29, 1.82) is 0 Å². The average Bonchev–Trinajstić information content (AvgIpc) is 3.29. The van der Waals surface area contributed by atoms with Crippen LogP contribution in [0.2, 0.25) is 0 Å². The number of ether oxygens (including phenoxy) is 2. The quantitative estimate of drug-likeness (QED) is 0.0574. The monoisotopic (exact) mass is 668 g/mol. The first-order valence-electron chi connectivity index (χ1n) is 17.3. The first-order chi connectivity index (χ1) is 21.8. The summed E-state index contributed by atoms with van der Waals surface area (Å²) >= 11 is 0. The standard InChI is InChI=1S/C35H57O10P/c1-6-7-8-9-10-11-12-13-14-15-16-17-18-19-21-35(5)22-20-27-26(4)30(24(2)25(3)31(27)43-35)44-46(40,41)45-33-29(38)34(39)42-32(33)28(37)23-36/h28,32,36-38H,6-23H2,1-5H3,(H,40,41). The number of aliphatic hydroxyl groups is 3. The van der Waals surface area contributed by atoms with Gasteiger partial charge in [0.25, 0.3) is 0 Å². The number of cyclic esters (lactones) is 1. The molecule has 0 radical (unpaired) electrons. The molecule has 4 unspecified atom stereocenters. The Morgan fingerprint density at radius 1 is 0.891 bits per heavy atom. The van der Waals surface area contributed by atoms with E-state index in [2.05, 4.69) is 13.8 Å². The summed E-state index contributed by atoms with van der Waals surface area (Å²) in [7, 11) is -4.97. The van der Waals surface area contributed by atoms with Crippen LogP contribution in [0.4, 0.5) is 0 Å². The van der Waals surface area contributed by atoms with Crippen LogP contribution in [-0.4, -0.2) is 50.6 Å². The number of unbranched alkanes of at least 4 members (excludes halogenated alkanes) is 13. The molecular weight excluding hydrogens is 611 g/mol. The lowest BCUT2D eigenvalue weighted by Gasteiger charge is -2.38. The van der Waals surface area contributed by atoms with E-state index in [0.717, 1.165) is 36.1 Å². The topological polar surface area (TPSA) is 152 Å². The van der Waals surface area contributed by atoms with Crippen molar-refractivity contribution in [3.63, 3.8) is 0 Å². The molecule has 2 aliphatic heterocycles. The minimum absolute atomic E-state index is 0.144. The van der Waals surface area contributed by atoms with E-state index in [4.69, 9.17) is 18.5 Å². The van der Waals surface area contributed by atoms with Gasteiger partial charge in [-0.3, -0.25) is 4.89 Å². The van der Waals surface area contributed by atoms with E-state index in [9.17, 15) is 29.6 Å². The van der Waals surface area contributed by atoms with Crippen LogP contribution >= 0.6 is 7.82 Å². The molecule has 0 aromatic heterocycles. The number of hydrogen-bond donors (Lipinski definition) is 4. The van der Waals surface area contributed by atoms with Crippen molar-refractivity contribution >= 4 is 13.8 Å². The fraction of sp³-hybridized carbons (Fsp3) is 0.743. The number of phosphoric ester groups is 1. The molecule has 10 nitrogen and oxygen atoms in total. The van der Waals surface area contributed by atoms with Crippen LogP contribution in [0.15, 0.2) is 11.5 Å². The first-order valence-corrected chi connectivity index (χ1v) is 18.8. The predicted molar refractivity (Wildman–Crippen MR) is 177 cm³/mol. The lowest BCUT2D eigenvalue weighted by molar-refractivity contribution is -0.147. The molecule has 0 spiro atoms. The van der Waals surface area contributed by atoms with Crippen LogP contribution in [-0.2, 0) is 25.0 Å². The van der Waals surface area contributed by atoms with Crippen molar-refractivity contribution in [3.8, 4) is 11.5 Å². The van der Waals surface area contributed by atoms with E-state index in [1.54, 1.807) is 13.8 Å². The van der Waals surface area contributed by atoms with Gasteiger partial charge >= 0.3 is 13.8 Å². The fourth-order valence-electron chi connectivity index (χ4n) is 6.45. The van der Waals surface area contributed by atoms with Crippen LogP contribution in [0.25, 0.3) is 0 Å². The molecule has 262 valence electrons. The molecule has 0 bridgehead atoms. The Hall–Kier alpha value is -2.26. The summed E-state index contributed by atoms with van der Waals surface area (Å²) in [5, 5.41) is 29.2. The van der Waals surface area contributed by atoms with Gasteiger partial charge in [0, 0.05) is 5.56 Å². The van der Waals surface area contributed by atoms with Crippen LogP contribution < -0.4 is 9.26 Å². The Bertz CT molecular complexity index is 1240. The highest BCUT2D eigenvalue weighted by Gasteiger charge is 2.45. The number of fused-ring (bicyclic) bond motifs is 1. The Labute approximate surface area is 275 Å². The summed E-state index contributed by atoms with van der Waals surface area (Å²) in [4.78, 5) is 22.4. The molecule has 1 aromatic rings. The van der Waals surface area contributed by atoms with Gasteiger partial charge in [-0.2, -0.15) is 0 Å². The first kappa shape index (κ1) is 38.2. The molecule has 1 aromatic carbocycles. The van der Waals surface area contributed by atoms with Crippen LogP contribution in [0.1, 0.15) is 139 Å². The molecule has 2 aliphatic rings. The molecule has 0 amide bonds. The van der Waals surface area contributed by atoms with Crippen molar-refractivity contribution < 1.29 is 48.1 Å². The Kier molecular flexibility index (Phi) is 14.7. The lowest BCUT2D eigenvalue weighted by atomic mass is 9.84. The van der Waals surface area contributed by atoms with Crippen molar-refractivity contribution in [3.05, 3.63) is 33.8 Å². The van der Waals surface area contributed by atoms with Crippen molar-refractivity contribution in [2.24, 2.45) is 0 Å². The molecule has 0 aliphatic carbocycles. The van der Waals surface area contributed by atoms with Gasteiger partial charge in [-0.15, -0.1) is 0 Å². The largest absolute Gasteiger partial charge is 0.584 e. The molecule has 46 heavy (non-hydrogen) atoms. The number of hydrogen-bond acceptors (Lipinski definition) is 9. The Balaban J connectivity index is 1.50. The van der Waals surface area contributed by atoms with E-state index >= 15 is 0 Å². The second kappa shape index (κ2) is 17.8. The van der Waals surface area contributed by atoms with Gasteiger partial charge < -0.3 is 33.8 Å². The van der Waals surface area contributed by atoms with Gasteiger partial charge in [0.15, 0.2) is 6.10 Å².